The van der Waals surface area contributed by atoms with Crippen LogP contribution in [0.4, 0.5) is 4.79 Å². The summed E-state index contributed by atoms with van der Waals surface area (Å²) < 4.78 is 0. The molecule has 3 N–H and O–H groups in total. The highest BCUT2D eigenvalue weighted by Gasteiger charge is 2.40. The Bertz CT molecular complexity index is 830. The fraction of sp³-hybridized carbons (Fsp3) is 0.500. The van der Waals surface area contributed by atoms with Gasteiger partial charge in [-0.15, -0.1) is 0 Å². The molecule has 8 heteroatoms. The van der Waals surface area contributed by atoms with E-state index in [0.29, 0.717) is 24.5 Å². The normalized spacial score (nSPS) is 22.4. The SMILES string of the molecule is Cc1nc([C@@H]2CN(C(=O)NC3CCCC3)C[C@H]2NC(=O)c2ccccc2)n[nH]1. The van der Waals surface area contributed by atoms with E-state index in [1.54, 1.807) is 17.0 Å². The van der Waals surface area contributed by atoms with Crippen LogP contribution in [0.2, 0.25) is 0 Å². The smallest absolute Gasteiger partial charge is 0.317 e. The Morgan fingerprint density at radius 2 is 1.86 bits per heavy atom. The Morgan fingerprint density at radius 3 is 2.54 bits per heavy atom. The zero-order valence-corrected chi connectivity index (χ0v) is 16.0. The highest BCUT2D eigenvalue weighted by molar-refractivity contribution is 5.94. The van der Waals surface area contributed by atoms with Crippen LogP contribution in [0.15, 0.2) is 30.3 Å². The number of carbonyl (C=O) groups excluding carboxylic acids is 2. The minimum absolute atomic E-state index is 0.0689. The van der Waals surface area contributed by atoms with Gasteiger partial charge < -0.3 is 15.5 Å². The number of nitrogens with zero attached hydrogens (tertiary/aromatic N) is 3. The van der Waals surface area contributed by atoms with Crippen LogP contribution in [0.1, 0.15) is 53.6 Å². The number of nitrogens with one attached hydrogen (secondary N) is 3. The van der Waals surface area contributed by atoms with Crippen molar-refractivity contribution in [2.45, 2.75) is 50.6 Å². The molecule has 2 atom stereocenters. The van der Waals surface area contributed by atoms with Gasteiger partial charge in [0.05, 0.1) is 12.0 Å². The van der Waals surface area contributed by atoms with Gasteiger partial charge in [-0.05, 0) is 31.9 Å². The molecule has 2 aromatic rings. The molecular formula is C20H26N6O2. The zero-order chi connectivity index (χ0) is 19.5. The lowest BCUT2D eigenvalue weighted by Crippen LogP contribution is -2.45. The molecule has 2 fully saturated rings. The molecule has 0 bridgehead atoms. The molecule has 1 saturated heterocycles. The van der Waals surface area contributed by atoms with Gasteiger partial charge >= 0.3 is 6.03 Å². The first-order chi connectivity index (χ1) is 13.6. The molecule has 0 radical (unpaired) electrons. The van der Waals surface area contributed by atoms with Crippen molar-refractivity contribution in [1.82, 2.24) is 30.7 Å². The van der Waals surface area contributed by atoms with E-state index in [0.717, 1.165) is 18.7 Å². The van der Waals surface area contributed by atoms with Crippen molar-refractivity contribution in [3.63, 3.8) is 0 Å². The van der Waals surface area contributed by atoms with Crippen molar-refractivity contribution in [2.24, 2.45) is 0 Å². The van der Waals surface area contributed by atoms with Crippen molar-refractivity contribution in [3.8, 4) is 0 Å². The number of urea groups is 1. The lowest BCUT2D eigenvalue weighted by atomic mass is 10.0. The Labute approximate surface area is 164 Å². The number of likely N-dealkylation sites (tertiary alicyclic amines) is 1. The molecule has 1 saturated carbocycles. The van der Waals surface area contributed by atoms with E-state index in [1.807, 2.05) is 25.1 Å². The first kappa shape index (κ1) is 18.5. The number of aromatic amines is 1. The summed E-state index contributed by atoms with van der Waals surface area (Å²) >= 11 is 0. The number of H-pyrrole nitrogens is 1. The molecule has 3 amide bonds. The van der Waals surface area contributed by atoms with Crippen LogP contribution in [0.25, 0.3) is 0 Å². The Morgan fingerprint density at radius 1 is 1.11 bits per heavy atom. The molecule has 1 aromatic carbocycles. The summed E-state index contributed by atoms with van der Waals surface area (Å²) in [6.07, 6.45) is 4.41. The topological polar surface area (TPSA) is 103 Å². The highest BCUT2D eigenvalue weighted by atomic mass is 16.2. The molecule has 2 aliphatic rings. The number of hydrogen-bond donors (Lipinski definition) is 3. The van der Waals surface area contributed by atoms with Crippen molar-refractivity contribution >= 4 is 11.9 Å². The first-order valence-corrected chi connectivity index (χ1v) is 9.90. The summed E-state index contributed by atoms with van der Waals surface area (Å²) in [5, 5.41) is 13.3. The van der Waals surface area contributed by atoms with Crippen LogP contribution in [-0.4, -0.2) is 57.2 Å². The summed E-state index contributed by atoms with van der Waals surface area (Å²) in [5.74, 6) is 1.05. The summed E-state index contributed by atoms with van der Waals surface area (Å²) in [7, 11) is 0. The number of carbonyl (C=O) groups is 2. The predicted molar refractivity (Wildman–Crippen MR) is 104 cm³/mol. The van der Waals surface area contributed by atoms with Gasteiger partial charge in [0.15, 0.2) is 5.82 Å². The van der Waals surface area contributed by atoms with Gasteiger partial charge in [0.2, 0.25) is 0 Å². The number of rotatable bonds is 4. The Kier molecular flexibility index (Phi) is 5.27. The van der Waals surface area contributed by atoms with E-state index in [-0.39, 0.29) is 29.9 Å². The largest absolute Gasteiger partial charge is 0.347 e. The van der Waals surface area contributed by atoms with Crippen molar-refractivity contribution in [3.05, 3.63) is 47.5 Å². The standard InChI is InChI=1S/C20H26N6O2/c1-13-21-18(25-24-13)16-11-26(20(28)22-15-9-5-6-10-15)12-17(16)23-19(27)14-7-3-2-4-8-14/h2-4,7-8,15-17H,5-6,9-12H2,1H3,(H,22,28)(H,23,27)(H,21,24,25)/t16-,17-/m1/s1. The predicted octanol–water partition coefficient (Wildman–Crippen LogP) is 1.96. The minimum Gasteiger partial charge on any atom is -0.347 e. The maximum absolute atomic E-state index is 12.7. The number of amides is 3. The van der Waals surface area contributed by atoms with Gasteiger partial charge in [-0.2, -0.15) is 5.10 Å². The second kappa shape index (κ2) is 8.00. The number of aryl methyl sites for hydroxylation is 1. The molecule has 4 rings (SSSR count). The van der Waals surface area contributed by atoms with Gasteiger partial charge in [-0.1, -0.05) is 31.0 Å². The van der Waals surface area contributed by atoms with Crippen LogP contribution < -0.4 is 10.6 Å². The molecule has 0 unspecified atom stereocenters. The van der Waals surface area contributed by atoms with Crippen LogP contribution in [0, 0.1) is 6.92 Å². The van der Waals surface area contributed by atoms with Gasteiger partial charge in [0.25, 0.3) is 5.91 Å². The lowest BCUT2D eigenvalue weighted by molar-refractivity contribution is 0.0934. The average molecular weight is 382 g/mol. The summed E-state index contributed by atoms with van der Waals surface area (Å²) in [4.78, 5) is 31.6. The second-order valence-electron chi connectivity index (χ2n) is 7.67. The van der Waals surface area contributed by atoms with Crippen molar-refractivity contribution < 1.29 is 9.59 Å². The van der Waals surface area contributed by atoms with E-state index < -0.39 is 0 Å². The monoisotopic (exact) mass is 382 g/mol. The van der Waals surface area contributed by atoms with Crippen LogP contribution >= 0.6 is 0 Å². The summed E-state index contributed by atoms with van der Waals surface area (Å²) in [6.45, 7) is 2.76. The van der Waals surface area contributed by atoms with Crippen LogP contribution in [-0.2, 0) is 0 Å². The van der Waals surface area contributed by atoms with E-state index in [9.17, 15) is 9.59 Å². The summed E-state index contributed by atoms with van der Waals surface area (Å²) in [6, 6.07) is 9.05. The molecule has 8 nitrogen and oxygen atoms in total. The lowest BCUT2D eigenvalue weighted by Gasteiger charge is -2.20. The quantitative estimate of drug-likeness (QED) is 0.752. The maximum Gasteiger partial charge on any atom is 0.317 e. The third kappa shape index (κ3) is 4.00. The van der Waals surface area contributed by atoms with Crippen LogP contribution in [0.5, 0.6) is 0 Å². The molecule has 0 spiro atoms. The molecule has 1 aliphatic carbocycles. The summed E-state index contributed by atoms with van der Waals surface area (Å²) in [5.41, 5.74) is 0.598. The molecule has 148 valence electrons. The first-order valence-electron chi connectivity index (χ1n) is 9.90. The number of benzene rings is 1. The molecule has 1 aliphatic heterocycles. The van der Waals surface area contributed by atoms with E-state index in [1.165, 1.54) is 12.8 Å². The molecule has 1 aromatic heterocycles. The average Bonchev–Trinajstić information content (AvgIpc) is 3.44. The van der Waals surface area contributed by atoms with Crippen LogP contribution in [0.3, 0.4) is 0 Å². The van der Waals surface area contributed by atoms with Crippen molar-refractivity contribution in [1.29, 1.82) is 0 Å². The fourth-order valence-corrected chi connectivity index (χ4v) is 4.08. The molecular weight excluding hydrogens is 356 g/mol. The molecule has 28 heavy (non-hydrogen) atoms. The zero-order valence-electron chi connectivity index (χ0n) is 16.0. The maximum atomic E-state index is 12.7. The van der Waals surface area contributed by atoms with Gasteiger partial charge in [0.1, 0.15) is 5.82 Å². The van der Waals surface area contributed by atoms with E-state index >= 15 is 0 Å². The van der Waals surface area contributed by atoms with Gasteiger partial charge in [-0.25, -0.2) is 9.78 Å². The Balaban J connectivity index is 1.48. The van der Waals surface area contributed by atoms with Gasteiger partial charge in [0, 0.05) is 24.7 Å². The molecule has 2 heterocycles. The second-order valence-corrected chi connectivity index (χ2v) is 7.67. The fourth-order valence-electron chi connectivity index (χ4n) is 4.08. The van der Waals surface area contributed by atoms with Crippen molar-refractivity contribution in [2.75, 3.05) is 13.1 Å². The number of aromatic nitrogens is 3. The third-order valence-electron chi connectivity index (χ3n) is 5.59. The van der Waals surface area contributed by atoms with E-state index in [2.05, 4.69) is 25.8 Å². The third-order valence-corrected chi connectivity index (χ3v) is 5.59. The van der Waals surface area contributed by atoms with E-state index in [4.69, 9.17) is 0 Å². The highest BCUT2D eigenvalue weighted by Crippen LogP contribution is 2.26. The number of hydrogen-bond acceptors (Lipinski definition) is 4. The Hall–Kier alpha value is -2.90. The van der Waals surface area contributed by atoms with Gasteiger partial charge in [-0.3, -0.25) is 9.89 Å². The minimum atomic E-state index is -0.239.